The molecule has 0 saturated carbocycles. The predicted octanol–water partition coefficient (Wildman–Crippen LogP) is 2.25. The van der Waals surface area contributed by atoms with Crippen LogP contribution in [0.1, 0.15) is 20.9 Å². The van der Waals surface area contributed by atoms with Crippen LogP contribution in [0.3, 0.4) is 0 Å². The fourth-order valence-electron chi connectivity index (χ4n) is 1.41. The number of carbonyl (C=O) groups is 1. The summed E-state index contributed by atoms with van der Waals surface area (Å²) in [6, 6.07) is 3.91. The average Bonchev–Trinajstić information content (AvgIpc) is 2.86. The molecule has 0 amide bonds. The van der Waals surface area contributed by atoms with Crippen LogP contribution in [0.15, 0.2) is 24.5 Å². The summed E-state index contributed by atoms with van der Waals surface area (Å²) >= 11 is 1.27. The van der Waals surface area contributed by atoms with Crippen LogP contribution in [0, 0.1) is 6.92 Å². The standard InChI is InChI=1S/C12H13N3O2S/c1-8-4-3-5-13-9(8)6-14-12-15-7-10(18-12)11(16)17-2/h3-5,7H,6H2,1-2H3,(H,14,15). The van der Waals surface area contributed by atoms with Gasteiger partial charge in [0.25, 0.3) is 0 Å². The van der Waals surface area contributed by atoms with Gasteiger partial charge in [-0.1, -0.05) is 17.4 Å². The number of aryl methyl sites for hydroxylation is 1. The monoisotopic (exact) mass is 263 g/mol. The van der Waals surface area contributed by atoms with Crippen molar-refractivity contribution in [2.75, 3.05) is 12.4 Å². The van der Waals surface area contributed by atoms with Crippen molar-refractivity contribution in [3.05, 3.63) is 40.7 Å². The molecule has 0 fully saturated rings. The van der Waals surface area contributed by atoms with Crippen LogP contribution in [-0.2, 0) is 11.3 Å². The third kappa shape index (κ3) is 2.84. The Bertz CT molecular complexity index is 554. The number of thiazole rings is 1. The zero-order valence-electron chi connectivity index (χ0n) is 10.1. The number of hydrogen-bond acceptors (Lipinski definition) is 6. The first kappa shape index (κ1) is 12.5. The Labute approximate surface area is 109 Å². The minimum absolute atomic E-state index is 0.366. The first-order valence-corrected chi connectivity index (χ1v) is 6.21. The Kier molecular flexibility index (Phi) is 3.88. The molecule has 0 aliphatic heterocycles. The summed E-state index contributed by atoms with van der Waals surface area (Å²) in [6.07, 6.45) is 3.26. The summed E-state index contributed by atoms with van der Waals surface area (Å²) in [5, 5.41) is 3.82. The Balaban J connectivity index is 2.01. The first-order chi connectivity index (χ1) is 8.70. The van der Waals surface area contributed by atoms with Gasteiger partial charge in [0.1, 0.15) is 4.88 Å². The smallest absolute Gasteiger partial charge is 0.349 e. The molecule has 0 unspecified atom stereocenters. The van der Waals surface area contributed by atoms with E-state index in [1.165, 1.54) is 24.6 Å². The highest BCUT2D eigenvalue weighted by Crippen LogP contribution is 2.19. The highest BCUT2D eigenvalue weighted by Gasteiger charge is 2.10. The zero-order valence-corrected chi connectivity index (χ0v) is 11.0. The van der Waals surface area contributed by atoms with Crippen molar-refractivity contribution >= 4 is 22.4 Å². The maximum atomic E-state index is 11.3. The van der Waals surface area contributed by atoms with E-state index in [9.17, 15) is 4.79 Å². The lowest BCUT2D eigenvalue weighted by molar-refractivity contribution is 0.0606. The van der Waals surface area contributed by atoms with E-state index in [1.54, 1.807) is 6.20 Å². The van der Waals surface area contributed by atoms with Gasteiger partial charge < -0.3 is 10.1 Å². The molecule has 2 heterocycles. The Morgan fingerprint density at radius 2 is 2.33 bits per heavy atom. The molecule has 0 aromatic carbocycles. The predicted molar refractivity (Wildman–Crippen MR) is 69.8 cm³/mol. The van der Waals surface area contributed by atoms with Gasteiger partial charge in [0.2, 0.25) is 0 Å². The summed E-state index contributed by atoms with van der Waals surface area (Å²) in [6.45, 7) is 2.59. The number of esters is 1. The molecule has 1 N–H and O–H groups in total. The Hall–Kier alpha value is -1.95. The third-order valence-electron chi connectivity index (χ3n) is 2.42. The summed E-state index contributed by atoms with van der Waals surface area (Å²) < 4.78 is 4.62. The van der Waals surface area contributed by atoms with Gasteiger partial charge in [-0.3, -0.25) is 4.98 Å². The number of aromatic nitrogens is 2. The number of ether oxygens (including phenoxy) is 1. The molecule has 2 rings (SSSR count). The molecule has 2 aromatic rings. The van der Waals surface area contributed by atoms with E-state index in [2.05, 4.69) is 20.0 Å². The number of nitrogens with one attached hydrogen (secondary N) is 1. The van der Waals surface area contributed by atoms with Gasteiger partial charge in [0, 0.05) is 6.20 Å². The van der Waals surface area contributed by atoms with Gasteiger partial charge >= 0.3 is 5.97 Å². The van der Waals surface area contributed by atoms with Gasteiger partial charge in [-0.15, -0.1) is 0 Å². The molecule has 5 nitrogen and oxygen atoms in total. The highest BCUT2D eigenvalue weighted by molar-refractivity contribution is 7.17. The molecule has 0 aliphatic rings. The average molecular weight is 263 g/mol. The highest BCUT2D eigenvalue weighted by atomic mass is 32.1. The number of anilines is 1. The lowest BCUT2D eigenvalue weighted by Crippen LogP contribution is -2.02. The molecule has 6 heteroatoms. The van der Waals surface area contributed by atoms with Crippen LogP contribution in [0.2, 0.25) is 0 Å². The maximum Gasteiger partial charge on any atom is 0.349 e. The van der Waals surface area contributed by atoms with Gasteiger partial charge in [0.05, 0.1) is 25.5 Å². The fraction of sp³-hybridized carbons (Fsp3) is 0.250. The number of hydrogen-bond donors (Lipinski definition) is 1. The molecule has 0 saturated heterocycles. The zero-order chi connectivity index (χ0) is 13.0. The number of carbonyl (C=O) groups excluding carboxylic acids is 1. The number of rotatable bonds is 4. The van der Waals surface area contributed by atoms with E-state index in [1.807, 2.05) is 19.1 Å². The first-order valence-electron chi connectivity index (χ1n) is 5.39. The summed E-state index contributed by atoms with van der Waals surface area (Å²) in [7, 11) is 1.35. The van der Waals surface area contributed by atoms with E-state index in [4.69, 9.17) is 0 Å². The minimum Gasteiger partial charge on any atom is -0.465 e. The molecular weight excluding hydrogens is 250 g/mol. The van der Waals surface area contributed by atoms with E-state index in [0.29, 0.717) is 16.6 Å². The SMILES string of the molecule is COC(=O)c1cnc(NCc2ncccc2C)s1. The van der Waals surface area contributed by atoms with Crippen molar-refractivity contribution in [3.8, 4) is 0 Å². The van der Waals surface area contributed by atoms with Gasteiger partial charge in [-0.25, -0.2) is 9.78 Å². The van der Waals surface area contributed by atoms with E-state index >= 15 is 0 Å². The molecular formula is C12H13N3O2S. The van der Waals surface area contributed by atoms with Crippen molar-refractivity contribution in [1.29, 1.82) is 0 Å². The van der Waals surface area contributed by atoms with Crippen molar-refractivity contribution in [1.82, 2.24) is 9.97 Å². The quantitative estimate of drug-likeness (QED) is 0.857. The van der Waals surface area contributed by atoms with Crippen LogP contribution in [-0.4, -0.2) is 23.0 Å². The molecule has 0 bridgehead atoms. The second-order valence-corrected chi connectivity index (χ2v) is 4.67. The number of methoxy groups -OCH3 is 1. The second-order valence-electron chi connectivity index (χ2n) is 3.64. The van der Waals surface area contributed by atoms with Crippen LogP contribution < -0.4 is 5.32 Å². The van der Waals surface area contributed by atoms with Gasteiger partial charge in [0.15, 0.2) is 5.13 Å². The van der Waals surface area contributed by atoms with Gasteiger partial charge in [-0.2, -0.15) is 0 Å². The van der Waals surface area contributed by atoms with Crippen molar-refractivity contribution in [2.45, 2.75) is 13.5 Å². The third-order valence-corrected chi connectivity index (χ3v) is 3.35. The molecule has 0 radical (unpaired) electrons. The largest absolute Gasteiger partial charge is 0.465 e. The Morgan fingerprint density at radius 1 is 1.50 bits per heavy atom. The van der Waals surface area contributed by atoms with Gasteiger partial charge in [-0.05, 0) is 18.6 Å². The maximum absolute atomic E-state index is 11.3. The van der Waals surface area contributed by atoms with E-state index < -0.39 is 0 Å². The Morgan fingerprint density at radius 3 is 3.06 bits per heavy atom. The minimum atomic E-state index is -0.366. The van der Waals surface area contributed by atoms with Crippen LogP contribution >= 0.6 is 11.3 Å². The number of nitrogens with zero attached hydrogens (tertiary/aromatic N) is 2. The summed E-state index contributed by atoms with van der Waals surface area (Å²) in [5.41, 5.74) is 2.09. The normalized spacial score (nSPS) is 10.1. The van der Waals surface area contributed by atoms with Crippen LogP contribution in [0.25, 0.3) is 0 Å². The lowest BCUT2D eigenvalue weighted by Gasteiger charge is -2.04. The second kappa shape index (κ2) is 5.59. The molecule has 0 spiro atoms. The van der Waals surface area contributed by atoms with Crippen LogP contribution in [0.4, 0.5) is 5.13 Å². The topological polar surface area (TPSA) is 64.1 Å². The fourth-order valence-corrected chi connectivity index (χ4v) is 2.14. The van der Waals surface area contributed by atoms with E-state index in [0.717, 1.165) is 11.3 Å². The van der Waals surface area contributed by atoms with Crippen molar-refractivity contribution in [3.63, 3.8) is 0 Å². The van der Waals surface area contributed by atoms with Crippen molar-refractivity contribution in [2.24, 2.45) is 0 Å². The number of pyridine rings is 1. The molecule has 0 atom stereocenters. The molecule has 2 aromatic heterocycles. The van der Waals surface area contributed by atoms with Crippen molar-refractivity contribution < 1.29 is 9.53 Å². The molecule has 18 heavy (non-hydrogen) atoms. The summed E-state index contributed by atoms with van der Waals surface area (Å²) in [5.74, 6) is -0.366. The van der Waals surface area contributed by atoms with Crippen LogP contribution in [0.5, 0.6) is 0 Å². The lowest BCUT2D eigenvalue weighted by atomic mass is 10.2. The molecule has 94 valence electrons. The molecule has 0 aliphatic carbocycles. The van der Waals surface area contributed by atoms with E-state index in [-0.39, 0.29) is 5.97 Å². The summed E-state index contributed by atoms with van der Waals surface area (Å²) in [4.78, 5) is 20.1.